The fourth-order valence-corrected chi connectivity index (χ4v) is 1.28. The lowest BCUT2D eigenvalue weighted by atomic mass is 10.5. The van der Waals surface area contributed by atoms with Crippen molar-refractivity contribution in [2.24, 2.45) is 0 Å². The van der Waals surface area contributed by atoms with Gasteiger partial charge in [-0.3, -0.25) is 9.36 Å². The maximum Gasteiger partial charge on any atom is 0.255 e. The Balaban J connectivity index is 3.13. The SMILES string of the molecule is CCNc1cc(=O)n(CC)c(C)n1. The van der Waals surface area contributed by atoms with Crippen LogP contribution in [0.15, 0.2) is 10.9 Å². The van der Waals surface area contributed by atoms with Crippen molar-refractivity contribution in [3.8, 4) is 0 Å². The van der Waals surface area contributed by atoms with Crippen molar-refractivity contribution in [2.75, 3.05) is 11.9 Å². The lowest BCUT2D eigenvalue weighted by molar-refractivity contribution is 0.675. The van der Waals surface area contributed by atoms with Gasteiger partial charge in [0.05, 0.1) is 0 Å². The van der Waals surface area contributed by atoms with E-state index >= 15 is 0 Å². The summed E-state index contributed by atoms with van der Waals surface area (Å²) in [7, 11) is 0. The molecule has 1 aromatic rings. The molecule has 0 fully saturated rings. The highest BCUT2D eigenvalue weighted by molar-refractivity contribution is 5.32. The normalized spacial score (nSPS) is 10.1. The zero-order valence-corrected chi connectivity index (χ0v) is 8.29. The topological polar surface area (TPSA) is 46.9 Å². The van der Waals surface area contributed by atoms with Crippen molar-refractivity contribution in [1.82, 2.24) is 9.55 Å². The van der Waals surface area contributed by atoms with Gasteiger partial charge in [-0.25, -0.2) is 4.98 Å². The number of anilines is 1. The van der Waals surface area contributed by atoms with Crippen molar-refractivity contribution in [3.05, 3.63) is 22.2 Å². The van der Waals surface area contributed by atoms with Crippen molar-refractivity contribution in [3.63, 3.8) is 0 Å². The molecule has 0 unspecified atom stereocenters. The standard InChI is InChI=1S/C9H15N3O/c1-4-10-8-6-9(13)12(5-2)7(3)11-8/h6,10H,4-5H2,1-3H3. The van der Waals surface area contributed by atoms with Crippen molar-refractivity contribution < 1.29 is 0 Å². The highest BCUT2D eigenvalue weighted by atomic mass is 16.1. The average Bonchev–Trinajstić information content (AvgIpc) is 2.04. The van der Waals surface area contributed by atoms with Gasteiger partial charge in [0.25, 0.3) is 5.56 Å². The van der Waals surface area contributed by atoms with Crippen LogP contribution in [-0.2, 0) is 6.54 Å². The lowest BCUT2D eigenvalue weighted by Gasteiger charge is -2.08. The smallest absolute Gasteiger partial charge is 0.255 e. The van der Waals surface area contributed by atoms with Crippen LogP contribution in [0.3, 0.4) is 0 Å². The molecule has 0 aliphatic carbocycles. The van der Waals surface area contributed by atoms with Gasteiger partial charge >= 0.3 is 0 Å². The van der Waals surface area contributed by atoms with Crippen molar-refractivity contribution in [1.29, 1.82) is 0 Å². The molecular weight excluding hydrogens is 166 g/mol. The van der Waals surface area contributed by atoms with E-state index in [1.807, 2.05) is 20.8 Å². The summed E-state index contributed by atoms with van der Waals surface area (Å²) in [4.78, 5) is 15.7. The van der Waals surface area contributed by atoms with Crippen LogP contribution in [0.1, 0.15) is 19.7 Å². The second-order valence-electron chi connectivity index (χ2n) is 2.80. The number of rotatable bonds is 3. The minimum Gasteiger partial charge on any atom is -0.370 e. The molecule has 13 heavy (non-hydrogen) atoms. The Hall–Kier alpha value is -1.32. The first kappa shape index (κ1) is 9.77. The average molecular weight is 181 g/mol. The molecule has 0 aromatic carbocycles. The Morgan fingerprint density at radius 1 is 1.54 bits per heavy atom. The van der Waals surface area contributed by atoms with Crippen LogP contribution < -0.4 is 10.9 Å². The predicted octanol–water partition coefficient (Wildman–Crippen LogP) is 1.00. The number of aromatic nitrogens is 2. The number of hydrogen-bond donors (Lipinski definition) is 1. The molecule has 0 spiro atoms. The summed E-state index contributed by atoms with van der Waals surface area (Å²) in [5.74, 6) is 1.42. The Morgan fingerprint density at radius 3 is 2.69 bits per heavy atom. The monoisotopic (exact) mass is 181 g/mol. The van der Waals surface area contributed by atoms with Gasteiger partial charge in [-0.15, -0.1) is 0 Å². The second kappa shape index (κ2) is 4.07. The van der Waals surface area contributed by atoms with Crippen LogP contribution in [-0.4, -0.2) is 16.1 Å². The van der Waals surface area contributed by atoms with E-state index in [4.69, 9.17) is 0 Å². The van der Waals surface area contributed by atoms with E-state index in [-0.39, 0.29) is 5.56 Å². The van der Waals surface area contributed by atoms with Gasteiger partial charge in [-0.2, -0.15) is 0 Å². The Bertz CT molecular complexity index is 343. The van der Waals surface area contributed by atoms with Crippen LogP contribution in [0.4, 0.5) is 5.82 Å². The van der Waals surface area contributed by atoms with E-state index in [1.165, 1.54) is 6.07 Å². The van der Waals surface area contributed by atoms with E-state index in [9.17, 15) is 4.79 Å². The van der Waals surface area contributed by atoms with E-state index < -0.39 is 0 Å². The molecule has 0 bridgehead atoms. The van der Waals surface area contributed by atoms with Gasteiger partial charge < -0.3 is 5.32 Å². The van der Waals surface area contributed by atoms with E-state index in [0.29, 0.717) is 12.4 Å². The van der Waals surface area contributed by atoms with Crippen molar-refractivity contribution in [2.45, 2.75) is 27.3 Å². The summed E-state index contributed by atoms with van der Waals surface area (Å²) in [5.41, 5.74) is 0.00551. The molecule has 1 heterocycles. The van der Waals surface area contributed by atoms with Gasteiger partial charge in [-0.1, -0.05) is 0 Å². The van der Waals surface area contributed by atoms with E-state index in [0.717, 1.165) is 12.4 Å². The first-order valence-electron chi connectivity index (χ1n) is 4.51. The summed E-state index contributed by atoms with van der Waals surface area (Å²) < 4.78 is 1.64. The summed E-state index contributed by atoms with van der Waals surface area (Å²) in [5, 5.41) is 3.02. The third-order valence-corrected chi connectivity index (χ3v) is 1.87. The van der Waals surface area contributed by atoms with E-state index in [2.05, 4.69) is 10.3 Å². The molecule has 0 atom stereocenters. The molecule has 0 amide bonds. The molecule has 0 aliphatic rings. The Morgan fingerprint density at radius 2 is 2.23 bits per heavy atom. The molecule has 0 radical (unpaired) electrons. The van der Waals surface area contributed by atoms with Crippen LogP contribution in [0.25, 0.3) is 0 Å². The Kier molecular flexibility index (Phi) is 3.06. The van der Waals surface area contributed by atoms with Crippen LogP contribution >= 0.6 is 0 Å². The minimum absolute atomic E-state index is 0.00551. The molecule has 0 aliphatic heterocycles. The molecule has 1 N–H and O–H groups in total. The fourth-order valence-electron chi connectivity index (χ4n) is 1.28. The second-order valence-corrected chi connectivity index (χ2v) is 2.80. The van der Waals surface area contributed by atoms with Gasteiger partial charge in [0, 0.05) is 19.2 Å². The van der Waals surface area contributed by atoms with E-state index in [1.54, 1.807) is 4.57 Å². The first-order chi connectivity index (χ1) is 6.19. The molecule has 4 nitrogen and oxygen atoms in total. The van der Waals surface area contributed by atoms with Crippen LogP contribution in [0.5, 0.6) is 0 Å². The van der Waals surface area contributed by atoms with Gasteiger partial charge in [0.2, 0.25) is 0 Å². The third kappa shape index (κ3) is 2.08. The van der Waals surface area contributed by atoms with Gasteiger partial charge in [0.15, 0.2) is 0 Å². The zero-order chi connectivity index (χ0) is 9.84. The maximum atomic E-state index is 11.4. The molecule has 0 saturated heterocycles. The van der Waals surface area contributed by atoms with Crippen LogP contribution in [0.2, 0.25) is 0 Å². The molecule has 1 aromatic heterocycles. The minimum atomic E-state index is 0.00551. The summed E-state index contributed by atoms with van der Waals surface area (Å²) in [6.07, 6.45) is 0. The first-order valence-corrected chi connectivity index (χ1v) is 4.51. The Labute approximate surface area is 77.6 Å². The van der Waals surface area contributed by atoms with Crippen molar-refractivity contribution >= 4 is 5.82 Å². The number of aryl methyl sites for hydroxylation is 1. The number of nitrogens with one attached hydrogen (secondary N) is 1. The molecule has 0 saturated carbocycles. The lowest BCUT2D eigenvalue weighted by Crippen LogP contribution is -2.23. The highest BCUT2D eigenvalue weighted by Gasteiger charge is 2.01. The maximum absolute atomic E-state index is 11.4. The molecule has 4 heteroatoms. The summed E-state index contributed by atoms with van der Waals surface area (Å²) >= 11 is 0. The number of hydrogen-bond acceptors (Lipinski definition) is 3. The van der Waals surface area contributed by atoms with Gasteiger partial charge in [0.1, 0.15) is 11.6 Å². The predicted molar refractivity (Wildman–Crippen MR) is 53.1 cm³/mol. The largest absolute Gasteiger partial charge is 0.370 e. The summed E-state index contributed by atoms with van der Waals surface area (Å²) in [6.45, 7) is 7.20. The molecule has 1 rings (SSSR count). The summed E-state index contributed by atoms with van der Waals surface area (Å²) in [6, 6.07) is 1.53. The number of nitrogens with zero attached hydrogens (tertiary/aromatic N) is 2. The molecular formula is C9H15N3O. The third-order valence-electron chi connectivity index (χ3n) is 1.87. The zero-order valence-electron chi connectivity index (χ0n) is 8.29. The quantitative estimate of drug-likeness (QED) is 0.756. The fraction of sp³-hybridized carbons (Fsp3) is 0.556. The molecule has 72 valence electrons. The highest BCUT2D eigenvalue weighted by Crippen LogP contribution is 1.99. The van der Waals surface area contributed by atoms with Crippen LogP contribution in [0, 0.1) is 6.92 Å². The van der Waals surface area contributed by atoms with Gasteiger partial charge in [-0.05, 0) is 20.8 Å².